The van der Waals surface area contributed by atoms with Gasteiger partial charge in [0, 0.05) is 12.7 Å². The first kappa shape index (κ1) is 19.5. The molecule has 0 aliphatic rings. The predicted molar refractivity (Wildman–Crippen MR) is 92.2 cm³/mol. The predicted octanol–water partition coefficient (Wildman–Crippen LogP) is 1.63. The van der Waals surface area contributed by atoms with Crippen molar-refractivity contribution in [1.29, 1.82) is 0 Å². The third-order valence-electron chi connectivity index (χ3n) is 3.30. The van der Waals surface area contributed by atoms with Gasteiger partial charge in [-0.25, -0.2) is 12.8 Å². The molecule has 2 aromatic rings. The fourth-order valence-corrected chi connectivity index (χ4v) is 3.08. The van der Waals surface area contributed by atoms with E-state index >= 15 is 0 Å². The number of hydrogen-bond donors (Lipinski definition) is 1. The molecule has 0 saturated heterocycles. The Labute approximate surface area is 150 Å². The van der Waals surface area contributed by atoms with Gasteiger partial charge in [0.15, 0.2) is 6.61 Å². The summed E-state index contributed by atoms with van der Waals surface area (Å²) in [4.78, 5) is 23.3. The number of anilines is 1. The first-order valence-corrected chi connectivity index (χ1v) is 8.95. The van der Waals surface area contributed by atoms with E-state index in [1.165, 1.54) is 7.05 Å². The Balaban J connectivity index is 1.86. The van der Waals surface area contributed by atoms with Crippen LogP contribution in [0.2, 0.25) is 0 Å². The van der Waals surface area contributed by atoms with Crippen LogP contribution in [0.25, 0.3) is 0 Å². The van der Waals surface area contributed by atoms with Crippen molar-refractivity contribution in [2.75, 3.05) is 25.5 Å². The zero-order chi connectivity index (χ0) is 19.2. The highest BCUT2D eigenvalue weighted by Gasteiger charge is 2.23. The third-order valence-corrected chi connectivity index (χ3v) is 5.11. The molecule has 138 valence electrons. The van der Waals surface area contributed by atoms with Gasteiger partial charge in [-0.2, -0.15) is 4.31 Å². The maximum absolute atomic E-state index is 12.9. The largest absolute Gasteiger partial charge is 0.455 e. The highest BCUT2D eigenvalue weighted by atomic mass is 32.2. The lowest BCUT2D eigenvalue weighted by Crippen LogP contribution is -2.34. The number of likely N-dealkylation sites (N-methyl/N-ethyl adjacent to an activating group) is 1. The van der Waals surface area contributed by atoms with E-state index in [0.717, 1.165) is 28.6 Å². The molecule has 0 heterocycles. The Morgan fingerprint density at radius 3 is 2.31 bits per heavy atom. The number of hydrogen-bond acceptors (Lipinski definition) is 5. The highest BCUT2D eigenvalue weighted by Crippen LogP contribution is 2.14. The van der Waals surface area contributed by atoms with Gasteiger partial charge in [-0.15, -0.1) is 0 Å². The molecule has 0 aromatic heterocycles. The summed E-state index contributed by atoms with van der Waals surface area (Å²) in [5, 5.41) is 2.53. The summed E-state index contributed by atoms with van der Waals surface area (Å²) in [6.45, 7) is -1.13. The number of rotatable bonds is 7. The fourth-order valence-electron chi connectivity index (χ4n) is 1.96. The van der Waals surface area contributed by atoms with Crippen LogP contribution in [0.5, 0.6) is 0 Å². The molecule has 0 atom stereocenters. The smallest absolute Gasteiger partial charge is 0.321 e. The van der Waals surface area contributed by atoms with Gasteiger partial charge < -0.3 is 10.1 Å². The number of carbonyl (C=O) groups is 2. The summed E-state index contributed by atoms with van der Waals surface area (Å²) < 4.78 is 43.0. The minimum Gasteiger partial charge on any atom is -0.455 e. The SMILES string of the molecule is CN(CC(=O)OCC(=O)Nc1ccccc1)S(=O)(=O)c1ccc(F)cc1. The minimum absolute atomic E-state index is 0.156. The maximum atomic E-state index is 12.9. The van der Waals surface area contributed by atoms with Crippen molar-refractivity contribution in [1.82, 2.24) is 4.31 Å². The average molecular weight is 380 g/mol. The number of esters is 1. The lowest BCUT2D eigenvalue weighted by atomic mass is 10.3. The van der Waals surface area contributed by atoms with Crippen molar-refractivity contribution in [2.24, 2.45) is 0 Å². The standard InChI is InChI=1S/C17H17FN2O5S/c1-20(26(23,24)15-9-7-13(18)8-10-15)11-17(22)25-12-16(21)19-14-5-3-2-4-6-14/h2-10H,11-12H2,1H3,(H,19,21). The average Bonchev–Trinajstić information content (AvgIpc) is 2.61. The van der Waals surface area contributed by atoms with Gasteiger partial charge in [0.2, 0.25) is 10.0 Å². The van der Waals surface area contributed by atoms with Crippen LogP contribution in [0.1, 0.15) is 0 Å². The van der Waals surface area contributed by atoms with Crippen LogP contribution in [-0.2, 0) is 24.3 Å². The van der Waals surface area contributed by atoms with Crippen LogP contribution >= 0.6 is 0 Å². The number of para-hydroxylation sites is 1. The summed E-state index contributed by atoms with van der Waals surface area (Å²) in [5.41, 5.74) is 0.546. The molecule has 0 fully saturated rings. The van der Waals surface area contributed by atoms with E-state index in [1.54, 1.807) is 30.3 Å². The van der Waals surface area contributed by atoms with E-state index in [9.17, 15) is 22.4 Å². The summed E-state index contributed by atoms with van der Waals surface area (Å²) in [7, 11) is -2.79. The Morgan fingerprint density at radius 1 is 1.08 bits per heavy atom. The third kappa shape index (κ3) is 5.36. The minimum atomic E-state index is -3.97. The van der Waals surface area contributed by atoms with Gasteiger partial charge in [0.1, 0.15) is 12.4 Å². The summed E-state index contributed by atoms with van der Waals surface area (Å²) in [6.07, 6.45) is 0. The molecule has 0 aliphatic heterocycles. The Kier molecular flexibility index (Phi) is 6.42. The van der Waals surface area contributed by atoms with E-state index in [2.05, 4.69) is 5.32 Å². The number of benzene rings is 2. The van der Waals surface area contributed by atoms with Crippen LogP contribution in [0.4, 0.5) is 10.1 Å². The molecule has 0 saturated carbocycles. The Hall–Kier alpha value is -2.78. The topological polar surface area (TPSA) is 92.8 Å². The molecule has 0 unspecified atom stereocenters. The Morgan fingerprint density at radius 2 is 1.69 bits per heavy atom. The van der Waals surface area contributed by atoms with Crippen molar-refractivity contribution in [3.05, 3.63) is 60.4 Å². The van der Waals surface area contributed by atoms with Gasteiger partial charge >= 0.3 is 5.97 Å². The quantitative estimate of drug-likeness (QED) is 0.737. The lowest BCUT2D eigenvalue weighted by molar-refractivity contribution is -0.147. The molecule has 26 heavy (non-hydrogen) atoms. The molecular formula is C17H17FN2O5S. The van der Waals surface area contributed by atoms with Crippen LogP contribution in [0.15, 0.2) is 59.5 Å². The van der Waals surface area contributed by atoms with Gasteiger partial charge in [-0.1, -0.05) is 18.2 Å². The highest BCUT2D eigenvalue weighted by molar-refractivity contribution is 7.89. The number of nitrogens with zero attached hydrogens (tertiary/aromatic N) is 1. The summed E-state index contributed by atoms with van der Waals surface area (Å²) in [6, 6.07) is 12.8. The van der Waals surface area contributed by atoms with Crippen LogP contribution < -0.4 is 5.32 Å². The normalized spacial score (nSPS) is 11.2. The Bertz CT molecular complexity index is 870. The van der Waals surface area contributed by atoms with Gasteiger partial charge in [-0.3, -0.25) is 9.59 Å². The lowest BCUT2D eigenvalue weighted by Gasteiger charge is -2.16. The molecular weight excluding hydrogens is 363 g/mol. The molecule has 0 bridgehead atoms. The second-order valence-corrected chi connectivity index (χ2v) is 7.33. The van der Waals surface area contributed by atoms with Crippen molar-refractivity contribution in [3.63, 3.8) is 0 Å². The molecule has 0 aliphatic carbocycles. The second-order valence-electron chi connectivity index (χ2n) is 5.29. The first-order valence-electron chi connectivity index (χ1n) is 7.51. The van der Waals surface area contributed by atoms with Crippen molar-refractivity contribution < 1.29 is 27.1 Å². The van der Waals surface area contributed by atoms with Gasteiger partial charge in [0.05, 0.1) is 4.90 Å². The molecule has 0 spiro atoms. The van der Waals surface area contributed by atoms with E-state index < -0.39 is 40.9 Å². The monoisotopic (exact) mass is 380 g/mol. The van der Waals surface area contributed by atoms with E-state index in [0.29, 0.717) is 5.69 Å². The zero-order valence-electron chi connectivity index (χ0n) is 13.9. The van der Waals surface area contributed by atoms with E-state index in [-0.39, 0.29) is 4.90 Å². The summed E-state index contributed by atoms with van der Waals surface area (Å²) in [5.74, 6) is -2.01. The molecule has 1 amide bonds. The van der Waals surface area contributed by atoms with Gasteiger partial charge in [-0.05, 0) is 36.4 Å². The van der Waals surface area contributed by atoms with Crippen LogP contribution in [0.3, 0.4) is 0 Å². The van der Waals surface area contributed by atoms with Crippen molar-refractivity contribution >= 4 is 27.6 Å². The van der Waals surface area contributed by atoms with E-state index in [1.807, 2.05) is 0 Å². The molecule has 2 rings (SSSR count). The van der Waals surface area contributed by atoms with Crippen molar-refractivity contribution in [3.8, 4) is 0 Å². The van der Waals surface area contributed by atoms with E-state index in [4.69, 9.17) is 4.74 Å². The number of halogens is 1. The van der Waals surface area contributed by atoms with Crippen molar-refractivity contribution in [2.45, 2.75) is 4.90 Å². The number of amides is 1. The van der Waals surface area contributed by atoms with Crippen LogP contribution in [0, 0.1) is 5.82 Å². The van der Waals surface area contributed by atoms with Crippen LogP contribution in [-0.4, -0.2) is 44.8 Å². The number of sulfonamides is 1. The molecule has 2 aromatic carbocycles. The zero-order valence-corrected chi connectivity index (χ0v) is 14.7. The summed E-state index contributed by atoms with van der Waals surface area (Å²) >= 11 is 0. The first-order chi connectivity index (χ1) is 12.3. The number of carbonyl (C=O) groups excluding carboxylic acids is 2. The fraction of sp³-hybridized carbons (Fsp3) is 0.176. The maximum Gasteiger partial charge on any atom is 0.321 e. The number of nitrogens with one attached hydrogen (secondary N) is 1. The molecule has 0 radical (unpaired) electrons. The molecule has 7 nitrogen and oxygen atoms in total. The van der Waals surface area contributed by atoms with Gasteiger partial charge in [0.25, 0.3) is 5.91 Å². The molecule has 9 heteroatoms. The molecule has 1 N–H and O–H groups in total. The number of ether oxygens (including phenoxy) is 1. The second kappa shape index (κ2) is 8.54.